The maximum atomic E-state index is 13.9. The summed E-state index contributed by atoms with van der Waals surface area (Å²) in [5.41, 5.74) is 3.06. The van der Waals surface area contributed by atoms with E-state index in [9.17, 15) is 4.79 Å². The molecule has 3 aromatic carbocycles. The highest BCUT2D eigenvalue weighted by molar-refractivity contribution is 6.05. The molecule has 9 heteroatoms. The summed E-state index contributed by atoms with van der Waals surface area (Å²) in [7, 11) is 0. The second-order valence-electron chi connectivity index (χ2n) is 10.6. The number of nitrogens with zero attached hydrogens (tertiary/aromatic N) is 4. The third-order valence-corrected chi connectivity index (χ3v) is 7.85. The number of fused-ring (bicyclic) bond motifs is 2. The lowest BCUT2D eigenvalue weighted by Gasteiger charge is -2.40. The number of para-hydroxylation sites is 2. The summed E-state index contributed by atoms with van der Waals surface area (Å²) in [4.78, 5) is 18.7. The van der Waals surface area contributed by atoms with Crippen LogP contribution in [0.5, 0.6) is 17.2 Å². The Bertz CT molecular complexity index is 1410. The van der Waals surface area contributed by atoms with Crippen molar-refractivity contribution in [1.29, 1.82) is 0 Å². The van der Waals surface area contributed by atoms with E-state index in [-0.39, 0.29) is 11.9 Å². The van der Waals surface area contributed by atoms with E-state index in [1.54, 1.807) is 5.01 Å². The maximum Gasteiger partial charge on any atom is 0.309 e. The Morgan fingerprint density at radius 3 is 2.27 bits per heavy atom. The molecule has 0 radical (unpaired) electrons. The molecule has 2 saturated heterocycles. The molecule has 0 spiro atoms. The van der Waals surface area contributed by atoms with Crippen molar-refractivity contribution in [3.8, 4) is 17.2 Å². The minimum Gasteiger partial charge on any atom is -0.490 e. The standard InChI is InChI=1S/C32H34N4O5/c37-32-31(41-20-17-38-26-9-5-2-6-10-26)30(27-23-35(27)36(32)25-7-3-1-4-8-25)34-15-13-33(14-16-34)22-24-11-12-28-29(21-24)40-19-18-39-28/h1-12,21,27H,13-20,22-23H2. The molecule has 4 aliphatic heterocycles. The molecule has 41 heavy (non-hydrogen) atoms. The van der Waals surface area contributed by atoms with Gasteiger partial charge >= 0.3 is 5.91 Å². The number of hydrazine groups is 1. The minimum atomic E-state index is -0.127. The molecule has 0 aliphatic carbocycles. The van der Waals surface area contributed by atoms with Crippen molar-refractivity contribution >= 4 is 11.6 Å². The number of anilines is 1. The van der Waals surface area contributed by atoms with Crippen LogP contribution in [0.1, 0.15) is 5.56 Å². The Morgan fingerprint density at radius 2 is 1.49 bits per heavy atom. The van der Waals surface area contributed by atoms with E-state index in [0.29, 0.717) is 32.2 Å². The van der Waals surface area contributed by atoms with Crippen LogP contribution in [0, 0.1) is 0 Å². The Morgan fingerprint density at radius 1 is 0.780 bits per heavy atom. The lowest BCUT2D eigenvalue weighted by molar-refractivity contribution is -0.121. The average Bonchev–Trinajstić information content (AvgIpc) is 3.81. The first-order valence-electron chi connectivity index (χ1n) is 14.3. The van der Waals surface area contributed by atoms with Crippen molar-refractivity contribution in [2.75, 3.05) is 64.2 Å². The van der Waals surface area contributed by atoms with Gasteiger partial charge in [0.25, 0.3) is 0 Å². The highest BCUT2D eigenvalue weighted by Crippen LogP contribution is 2.40. The first kappa shape index (κ1) is 25.7. The number of carbonyl (C=O) groups excluding carboxylic acids is 1. The summed E-state index contributed by atoms with van der Waals surface area (Å²) in [6.07, 6.45) is 0. The predicted octanol–water partition coefficient (Wildman–Crippen LogP) is 3.53. The van der Waals surface area contributed by atoms with Gasteiger partial charge in [-0.2, -0.15) is 0 Å². The van der Waals surface area contributed by atoms with E-state index >= 15 is 0 Å². The molecular formula is C32H34N4O5. The monoisotopic (exact) mass is 554 g/mol. The molecule has 212 valence electrons. The lowest BCUT2D eigenvalue weighted by Crippen LogP contribution is -2.51. The third kappa shape index (κ3) is 5.42. The Kier molecular flexibility index (Phi) is 7.12. The van der Waals surface area contributed by atoms with E-state index in [1.807, 2.05) is 66.7 Å². The highest BCUT2D eigenvalue weighted by atomic mass is 16.6. The van der Waals surface area contributed by atoms with Crippen LogP contribution in [0.4, 0.5) is 5.69 Å². The zero-order valence-electron chi connectivity index (χ0n) is 23.0. The summed E-state index contributed by atoms with van der Waals surface area (Å²) in [5.74, 6) is 2.74. The van der Waals surface area contributed by atoms with Gasteiger partial charge in [-0.25, -0.2) is 10.0 Å². The third-order valence-electron chi connectivity index (χ3n) is 7.85. The van der Waals surface area contributed by atoms with Gasteiger partial charge in [-0.3, -0.25) is 9.69 Å². The van der Waals surface area contributed by atoms with Crippen LogP contribution in [0.15, 0.2) is 90.3 Å². The zero-order valence-corrected chi connectivity index (χ0v) is 23.0. The van der Waals surface area contributed by atoms with Gasteiger partial charge in [-0.05, 0) is 42.0 Å². The summed E-state index contributed by atoms with van der Waals surface area (Å²) in [6.45, 7) is 6.92. The first-order chi connectivity index (χ1) is 20.2. The highest BCUT2D eigenvalue weighted by Gasteiger charge is 2.53. The van der Waals surface area contributed by atoms with Crippen molar-refractivity contribution < 1.29 is 23.7 Å². The van der Waals surface area contributed by atoms with Crippen LogP contribution in [0.3, 0.4) is 0 Å². The van der Waals surface area contributed by atoms with Crippen LogP contribution >= 0.6 is 0 Å². The molecule has 7 rings (SSSR count). The zero-order chi connectivity index (χ0) is 27.6. The normalized spacial score (nSPS) is 21.9. The van der Waals surface area contributed by atoms with Crippen LogP contribution < -0.4 is 19.2 Å². The lowest BCUT2D eigenvalue weighted by atomic mass is 10.1. The number of rotatable bonds is 9. The Labute approximate surface area is 240 Å². The van der Waals surface area contributed by atoms with E-state index in [2.05, 4.69) is 26.9 Å². The number of amides is 1. The summed E-state index contributed by atoms with van der Waals surface area (Å²) in [5, 5.41) is 3.89. The number of piperazine rings is 1. The quantitative estimate of drug-likeness (QED) is 0.294. The van der Waals surface area contributed by atoms with Gasteiger partial charge in [0, 0.05) is 39.3 Å². The minimum absolute atomic E-state index is 0.127. The fourth-order valence-electron chi connectivity index (χ4n) is 5.79. The molecule has 0 saturated carbocycles. The van der Waals surface area contributed by atoms with Gasteiger partial charge in [0.1, 0.15) is 32.2 Å². The summed E-state index contributed by atoms with van der Waals surface area (Å²) >= 11 is 0. The Balaban J connectivity index is 1.05. The number of ether oxygens (including phenoxy) is 4. The van der Waals surface area contributed by atoms with Crippen molar-refractivity contribution in [3.63, 3.8) is 0 Å². The molecule has 4 heterocycles. The second kappa shape index (κ2) is 11.3. The van der Waals surface area contributed by atoms with Crippen LogP contribution in [0.2, 0.25) is 0 Å². The van der Waals surface area contributed by atoms with E-state index in [1.165, 1.54) is 5.56 Å². The number of benzene rings is 3. The smallest absolute Gasteiger partial charge is 0.309 e. The van der Waals surface area contributed by atoms with Crippen LogP contribution in [-0.2, 0) is 16.1 Å². The van der Waals surface area contributed by atoms with Crippen molar-refractivity contribution in [3.05, 3.63) is 95.9 Å². The molecule has 2 atom stereocenters. The fourth-order valence-corrected chi connectivity index (χ4v) is 5.79. The molecule has 0 N–H and O–H groups in total. The van der Waals surface area contributed by atoms with Crippen molar-refractivity contribution in [1.82, 2.24) is 14.8 Å². The molecule has 2 fully saturated rings. The molecular weight excluding hydrogens is 520 g/mol. The van der Waals surface area contributed by atoms with Gasteiger partial charge in [0.2, 0.25) is 5.76 Å². The molecule has 3 aromatic rings. The summed E-state index contributed by atoms with van der Waals surface area (Å²) in [6, 6.07) is 25.8. The van der Waals surface area contributed by atoms with Crippen LogP contribution in [-0.4, -0.2) is 85.9 Å². The van der Waals surface area contributed by atoms with Crippen LogP contribution in [0.25, 0.3) is 0 Å². The molecule has 0 aromatic heterocycles. The van der Waals surface area contributed by atoms with Crippen molar-refractivity contribution in [2.45, 2.75) is 12.6 Å². The molecule has 2 unspecified atom stereocenters. The maximum absolute atomic E-state index is 13.9. The van der Waals surface area contributed by atoms with Gasteiger partial charge in [0.05, 0.1) is 17.4 Å². The van der Waals surface area contributed by atoms with Gasteiger partial charge in [-0.15, -0.1) is 0 Å². The van der Waals surface area contributed by atoms with Gasteiger partial charge in [0.15, 0.2) is 11.5 Å². The van der Waals surface area contributed by atoms with Crippen molar-refractivity contribution in [2.24, 2.45) is 0 Å². The van der Waals surface area contributed by atoms with Gasteiger partial charge in [-0.1, -0.05) is 42.5 Å². The first-order valence-corrected chi connectivity index (χ1v) is 14.3. The molecule has 1 amide bonds. The van der Waals surface area contributed by atoms with Gasteiger partial charge < -0.3 is 23.8 Å². The topological polar surface area (TPSA) is 66.7 Å². The van der Waals surface area contributed by atoms with E-state index in [4.69, 9.17) is 18.9 Å². The average molecular weight is 555 g/mol. The van der Waals surface area contributed by atoms with E-state index < -0.39 is 0 Å². The molecule has 4 aliphatic rings. The van der Waals surface area contributed by atoms with E-state index in [0.717, 1.165) is 67.9 Å². The molecule has 0 bridgehead atoms. The second-order valence-corrected chi connectivity index (χ2v) is 10.6. The number of hydrogen-bond donors (Lipinski definition) is 0. The molecule has 9 nitrogen and oxygen atoms in total. The predicted molar refractivity (Wildman–Crippen MR) is 154 cm³/mol. The number of carbonyl (C=O) groups is 1. The SMILES string of the molecule is O=C1C(OCCOc2ccccc2)=C(N2CCN(Cc3ccc4c(c3)OCCO4)CC2)C2CN2N1c1ccccc1. The largest absolute Gasteiger partial charge is 0.490 e. The Hall–Kier alpha value is -4.21. The summed E-state index contributed by atoms with van der Waals surface area (Å²) < 4.78 is 23.6. The fraction of sp³-hybridized carbons (Fsp3) is 0.344. The number of hydrogen-bond acceptors (Lipinski definition) is 8.